The molecule has 0 saturated carbocycles. The molecule has 2 aromatic rings. The van der Waals surface area contributed by atoms with Gasteiger partial charge in [-0.2, -0.15) is 0 Å². The van der Waals surface area contributed by atoms with Crippen molar-refractivity contribution in [3.05, 3.63) is 46.3 Å². The van der Waals surface area contributed by atoms with E-state index in [2.05, 4.69) is 41.7 Å². The maximum Gasteiger partial charge on any atom is 0.255 e. The van der Waals surface area contributed by atoms with Gasteiger partial charge in [0.2, 0.25) is 0 Å². The molecule has 0 fully saturated rings. The molecule has 2 rings (SSSR count). The van der Waals surface area contributed by atoms with Gasteiger partial charge >= 0.3 is 0 Å². The summed E-state index contributed by atoms with van der Waals surface area (Å²) in [6.07, 6.45) is 1.50. The van der Waals surface area contributed by atoms with Crippen LogP contribution in [0, 0.1) is 5.82 Å². The van der Waals surface area contributed by atoms with Crippen molar-refractivity contribution in [3.63, 3.8) is 0 Å². The fourth-order valence-electron chi connectivity index (χ4n) is 1.89. The van der Waals surface area contributed by atoms with Gasteiger partial charge in [-0.1, -0.05) is 20.8 Å². The number of methoxy groups -OCH3 is 1. The first-order valence-corrected chi connectivity index (χ1v) is 7.28. The minimum absolute atomic E-state index is 0.0473. The molecule has 0 bridgehead atoms. The summed E-state index contributed by atoms with van der Waals surface area (Å²) in [5.41, 5.74) is 0.751. The molecule has 21 heavy (non-hydrogen) atoms. The molecule has 0 saturated heterocycles. The molecule has 0 aliphatic carbocycles. The van der Waals surface area contributed by atoms with Gasteiger partial charge in [0.15, 0.2) is 5.82 Å². The first-order valence-electron chi connectivity index (χ1n) is 6.48. The van der Waals surface area contributed by atoms with E-state index in [1.54, 1.807) is 19.2 Å². The lowest BCUT2D eigenvalue weighted by atomic mass is 9.86. The van der Waals surface area contributed by atoms with E-state index in [4.69, 9.17) is 9.47 Å². The molecule has 5 heteroatoms. The van der Waals surface area contributed by atoms with E-state index in [1.165, 1.54) is 12.3 Å². The summed E-state index contributed by atoms with van der Waals surface area (Å²) in [7, 11) is 1.61. The second-order valence-electron chi connectivity index (χ2n) is 5.65. The highest BCUT2D eigenvalue weighted by Gasteiger charge is 2.21. The van der Waals surface area contributed by atoms with E-state index in [9.17, 15) is 4.39 Å². The molecule has 0 N–H and O–H groups in total. The Balaban J connectivity index is 2.44. The van der Waals surface area contributed by atoms with Gasteiger partial charge in [0.05, 0.1) is 7.11 Å². The maximum absolute atomic E-state index is 13.9. The highest BCUT2D eigenvalue weighted by atomic mass is 79.9. The van der Waals surface area contributed by atoms with E-state index in [0.29, 0.717) is 10.2 Å². The fourth-order valence-corrected chi connectivity index (χ4v) is 2.20. The molecular formula is C16H17BrFNO2. The minimum Gasteiger partial charge on any atom is -0.497 e. The Hall–Kier alpha value is -1.62. The molecule has 0 aliphatic heterocycles. The van der Waals surface area contributed by atoms with E-state index < -0.39 is 5.82 Å². The number of aromatic nitrogens is 1. The third-order valence-electron chi connectivity index (χ3n) is 2.98. The number of hydrogen-bond donors (Lipinski definition) is 0. The summed E-state index contributed by atoms with van der Waals surface area (Å²) in [5, 5.41) is 0. The van der Waals surface area contributed by atoms with Crippen molar-refractivity contribution < 1.29 is 13.9 Å². The highest BCUT2D eigenvalue weighted by Crippen LogP contribution is 2.37. The first kappa shape index (κ1) is 15.8. The van der Waals surface area contributed by atoms with Crippen LogP contribution in [0.5, 0.6) is 17.4 Å². The predicted molar refractivity (Wildman–Crippen MR) is 83.7 cm³/mol. The van der Waals surface area contributed by atoms with Crippen molar-refractivity contribution >= 4 is 15.9 Å². The molecule has 1 heterocycles. The Kier molecular flexibility index (Phi) is 4.52. The zero-order valence-electron chi connectivity index (χ0n) is 12.4. The van der Waals surface area contributed by atoms with Crippen LogP contribution in [0.1, 0.15) is 26.3 Å². The third-order valence-corrected chi connectivity index (χ3v) is 3.41. The summed E-state index contributed by atoms with van der Waals surface area (Å²) >= 11 is 3.17. The van der Waals surface area contributed by atoms with Crippen molar-refractivity contribution in [1.29, 1.82) is 0 Å². The Morgan fingerprint density at radius 2 is 1.90 bits per heavy atom. The van der Waals surface area contributed by atoms with Crippen LogP contribution in [0.15, 0.2) is 34.9 Å². The fraction of sp³-hybridized carbons (Fsp3) is 0.312. The molecular weight excluding hydrogens is 337 g/mol. The molecule has 0 unspecified atom stereocenters. The van der Waals surface area contributed by atoms with Gasteiger partial charge < -0.3 is 9.47 Å². The summed E-state index contributed by atoms with van der Waals surface area (Å²) in [5.74, 6) is 0.738. The van der Waals surface area contributed by atoms with Crippen molar-refractivity contribution in [2.75, 3.05) is 7.11 Å². The van der Waals surface area contributed by atoms with Gasteiger partial charge in [-0.05, 0) is 45.6 Å². The van der Waals surface area contributed by atoms with Gasteiger partial charge in [-0.25, -0.2) is 9.37 Å². The summed E-state index contributed by atoms with van der Waals surface area (Å²) < 4.78 is 25.3. The molecule has 3 nitrogen and oxygen atoms in total. The van der Waals surface area contributed by atoms with Crippen molar-refractivity contribution in [2.24, 2.45) is 0 Å². The molecule has 0 amide bonds. The number of benzene rings is 1. The van der Waals surface area contributed by atoms with Gasteiger partial charge in [-0.3, -0.25) is 0 Å². The number of ether oxygens (including phenoxy) is 2. The molecule has 112 valence electrons. The normalized spacial score (nSPS) is 11.3. The zero-order valence-corrected chi connectivity index (χ0v) is 14.0. The molecule has 1 aromatic carbocycles. The zero-order chi connectivity index (χ0) is 15.6. The predicted octanol–water partition coefficient (Wildman–Crippen LogP) is 5.08. The Morgan fingerprint density at radius 1 is 1.19 bits per heavy atom. The second kappa shape index (κ2) is 6.02. The van der Waals surface area contributed by atoms with Gasteiger partial charge in [0.25, 0.3) is 5.88 Å². The third kappa shape index (κ3) is 3.73. The smallest absolute Gasteiger partial charge is 0.255 e. The SMILES string of the molecule is COc1ccc(Oc2ncc(Br)cc2F)c(C(C)(C)C)c1. The monoisotopic (exact) mass is 353 g/mol. The number of halogens is 2. The summed E-state index contributed by atoms with van der Waals surface area (Å²) in [6.45, 7) is 6.17. The number of pyridine rings is 1. The van der Waals surface area contributed by atoms with Crippen LogP contribution >= 0.6 is 15.9 Å². The van der Waals surface area contributed by atoms with Gasteiger partial charge in [0.1, 0.15) is 11.5 Å². The molecule has 0 aliphatic rings. The quantitative estimate of drug-likeness (QED) is 0.770. The van der Waals surface area contributed by atoms with Gasteiger partial charge in [0, 0.05) is 16.2 Å². The van der Waals surface area contributed by atoms with Gasteiger partial charge in [-0.15, -0.1) is 0 Å². The van der Waals surface area contributed by atoms with Crippen LogP contribution in [-0.2, 0) is 5.41 Å². The van der Waals surface area contributed by atoms with E-state index >= 15 is 0 Å². The lowest BCUT2D eigenvalue weighted by molar-refractivity contribution is 0.395. The summed E-state index contributed by atoms with van der Waals surface area (Å²) in [6, 6.07) is 6.76. The maximum atomic E-state index is 13.9. The number of rotatable bonds is 3. The topological polar surface area (TPSA) is 31.4 Å². The van der Waals surface area contributed by atoms with Crippen molar-refractivity contribution in [1.82, 2.24) is 4.98 Å². The Bertz CT molecular complexity index is 653. The van der Waals surface area contributed by atoms with E-state index in [0.717, 1.165) is 11.3 Å². The van der Waals surface area contributed by atoms with Crippen LogP contribution in [-0.4, -0.2) is 12.1 Å². The minimum atomic E-state index is -0.514. The van der Waals surface area contributed by atoms with Crippen LogP contribution in [0.2, 0.25) is 0 Å². The molecule has 0 radical (unpaired) electrons. The summed E-state index contributed by atoms with van der Waals surface area (Å²) in [4.78, 5) is 3.96. The molecule has 0 spiro atoms. The van der Waals surface area contributed by atoms with Crippen molar-refractivity contribution in [2.45, 2.75) is 26.2 Å². The van der Waals surface area contributed by atoms with Crippen LogP contribution in [0.3, 0.4) is 0 Å². The first-order chi connectivity index (χ1) is 9.81. The molecule has 1 aromatic heterocycles. The average Bonchev–Trinajstić information content (AvgIpc) is 2.41. The average molecular weight is 354 g/mol. The highest BCUT2D eigenvalue weighted by molar-refractivity contribution is 9.10. The number of hydrogen-bond acceptors (Lipinski definition) is 3. The second-order valence-corrected chi connectivity index (χ2v) is 6.57. The van der Waals surface area contributed by atoms with Crippen LogP contribution in [0.25, 0.3) is 0 Å². The number of nitrogens with zero attached hydrogens (tertiary/aromatic N) is 1. The van der Waals surface area contributed by atoms with E-state index in [1.807, 2.05) is 6.07 Å². The standard InChI is InChI=1S/C16H17BrFNO2/c1-16(2,3)12-8-11(20-4)5-6-14(12)21-15-13(18)7-10(17)9-19-15/h5-9H,1-4H3. The Labute approximate surface area is 132 Å². The Morgan fingerprint density at radius 3 is 2.48 bits per heavy atom. The molecule has 0 atom stereocenters. The van der Waals surface area contributed by atoms with Crippen molar-refractivity contribution in [3.8, 4) is 17.4 Å². The lowest BCUT2D eigenvalue weighted by Crippen LogP contribution is -2.13. The van der Waals surface area contributed by atoms with Crippen LogP contribution in [0.4, 0.5) is 4.39 Å². The van der Waals surface area contributed by atoms with Crippen LogP contribution < -0.4 is 9.47 Å². The largest absolute Gasteiger partial charge is 0.497 e. The van der Waals surface area contributed by atoms with E-state index in [-0.39, 0.29) is 11.3 Å². The lowest BCUT2D eigenvalue weighted by Gasteiger charge is -2.23.